The van der Waals surface area contributed by atoms with Gasteiger partial charge >= 0.3 is 5.97 Å². The minimum atomic E-state index is -0.850. The lowest BCUT2D eigenvalue weighted by atomic mass is 9.82. The van der Waals surface area contributed by atoms with Gasteiger partial charge in [0.1, 0.15) is 4.88 Å². The summed E-state index contributed by atoms with van der Waals surface area (Å²) in [4.78, 5) is 25.6. The molecule has 0 aliphatic carbocycles. The van der Waals surface area contributed by atoms with Crippen LogP contribution in [0.1, 0.15) is 29.4 Å². The third-order valence-corrected chi connectivity index (χ3v) is 4.64. The summed E-state index contributed by atoms with van der Waals surface area (Å²) in [5.41, 5.74) is -0.850. The highest BCUT2D eigenvalue weighted by Gasteiger charge is 2.39. The molecule has 1 N–H and O–H groups in total. The van der Waals surface area contributed by atoms with E-state index in [2.05, 4.69) is 0 Å². The zero-order valence-corrected chi connectivity index (χ0v) is 11.6. The van der Waals surface area contributed by atoms with Crippen molar-refractivity contribution in [3.63, 3.8) is 0 Å². The third-order valence-electron chi connectivity index (χ3n) is 3.31. The second-order valence-electron chi connectivity index (χ2n) is 4.79. The number of hydrogen-bond donors (Lipinski definition) is 1. The fourth-order valence-corrected chi connectivity index (χ4v) is 3.28. The molecule has 2 heterocycles. The molecule has 0 aromatic carbocycles. The van der Waals surface area contributed by atoms with Gasteiger partial charge in [-0.15, -0.1) is 11.3 Å². The molecule has 1 aliphatic rings. The van der Waals surface area contributed by atoms with Crippen LogP contribution >= 0.6 is 22.9 Å². The molecule has 1 saturated heterocycles. The first kappa shape index (κ1) is 13.4. The molecule has 98 valence electrons. The van der Waals surface area contributed by atoms with Crippen LogP contribution in [0.2, 0.25) is 5.02 Å². The second-order valence-corrected chi connectivity index (χ2v) is 6.12. The van der Waals surface area contributed by atoms with Crippen LogP contribution in [-0.2, 0) is 4.79 Å². The van der Waals surface area contributed by atoms with E-state index < -0.39 is 11.4 Å². The SMILES string of the molecule is CC1(C(=O)O)CCCN(C(=O)c2sccc2Cl)C1. The van der Waals surface area contributed by atoms with Crippen molar-refractivity contribution in [1.82, 2.24) is 4.90 Å². The Kier molecular flexibility index (Phi) is 3.64. The third kappa shape index (κ3) is 2.37. The molecule has 1 aromatic heterocycles. The number of carbonyl (C=O) groups is 2. The van der Waals surface area contributed by atoms with Crippen LogP contribution in [0.15, 0.2) is 11.4 Å². The molecular weight excluding hydrogens is 274 g/mol. The summed E-state index contributed by atoms with van der Waals surface area (Å²) >= 11 is 7.22. The molecule has 2 rings (SSSR count). The molecule has 4 nitrogen and oxygen atoms in total. The molecule has 1 atom stereocenters. The summed E-state index contributed by atoms with van der Waals surface area (Å²) in [5, 5.41) is 11.4. The van der Waals surface area contributed by atoms with Crippen molar-refractivity contribution in [3.8, 4) is 0 Å². The summed E-state index contributed by atoms with van der Waals surface area (Å²) in [6.07, 6.45) is 1.31. The van der Waals surface area contributed by atoms with Crippen molar-refractivity contribution < 1.29 is 14.7 Å². The first-order valence-corrected chi connectivity index (χ1v) is 6.95. The van der Waals surface area contributed by atoms with E-state index in [0.717, 1.165) is 0 Å². The highest BCUT2D eigenvalue weighted by Crippen LogP contribution is 2.32. The Morgan fingerprint density at radius 2 is 2.28 bits per heavy atom. The van der Waals surface area contributed by atoms with Gasteiger partial charge in [-0.05, 0) is 31.2 Å². The second kappa shape index (κ2) is 4.90. The van der Waals surface area contributed by atoms with Crippen LogP contribution in [0, 0.1) is 5.41 Å². The monoisotopic (exact) mass is 287 g/mol. The predicted octanol–water partition coefficient (Wildman–Crippen LogP) is 2.73. The van der Waals surface area contributed by atoms with Crippen molar-refractivity contribution in [2.45, 2.75) is 19.8 Å². The van der Waals surface area contributed by atoms with E-state index in [1.807, 2.05) is 0 Å². The van der Waals surface area contributed by atoms with Gasteiger partial charge in [-0.3, -0.25) is 9.59 Å². The Balaban J connectivity index is 2.17. The summed E-state index contributed by atoms with van der Waals surface area (Å²) in [5.74, 6) is -1.01. The Morgan fingerprint density at radius 3 is 2.83 bits per heavy atom. The first-order chi connectivity index (χ1) is 8.44. The molecular formula is C12H14ClNO3S. The fourth-order valence-electron chi connectivity index (χ4n) is 2.18. The lowest BCUT2D eigenvalue weighted by Gasteiger charge is -2.37. The molecule has 6 heteroatoms. The minimum absolute atomic E-state index is 0.165. The summed E-state index contributed by atoms with van der Waals surface area (Å²) in [6, 6.07) is 1.68. The van der Waals surface area contributed by atoms with Gasteiger partial charge in [0.25, 0.3) is 5.91 Å². The van der Waals surface area contributed by atoms with Crippen molar-refractivity contribution in [1.29, 1.82) is 0 Å². The Hall–Kier alpha value is -1.07. The Morgan fingerprint density at radius 1 is 1.56 bits per heavy atom. The highest BCUT2D eigenvalue weighted by atomic mass is 35.5. The van der Waals surface area contributed by atoms with Gasteiger partial charge in [-0.2, -0.15) is 0 Å². The van der Waals surface area contributed by atoms with E-state index in [0.29, 0.717) is 29.3 Å². The highest BCUT2D eigenvalue weighted by molar-refractivity contribution is 7.12. The van der Waals surface area contributed by atoms with E-state index >= 15 is 0 Å². The molecule has 1 aliphatic heterocycles. The van der Waals surface area contributed by atoms with E-state index in [1.165, 1.54) is 11.3 Å². The maximum atomic E-state index is 12.3. The number of piperidine rings is 1. The quantitative estimate of drug-likeness (QED) is 0.910. The number of nitrogens with zero attached hydrogens (tertiary/aromatic N) is 1. The number of thiophene rings is 1. The number of carboxylic acids is 1. The maximum absolute atomic E-state index is 12.3. The average molecular weight is 288 g/mol. The number of carboxylic acid groups (broad SMARTS) is 1. The van der Waals surface area contributed by atoms with Crippen LogP contribution in [-0.4, -0.2) is 35.0 Å². The number of amides is 1. The molecule has 1 fully saturated rings. The molecule has 0 spiro atoms. The predicted molar refractivity (Wildman–Crippen MR) is 70.2 cm³/mol. The molecule has 18 heavy (non-hydrogen) atoms. The molecule has 1 unspecified atom stereocenters. The Bertz CT molecular complexity index is 487. The van der Waals surface area contributed by atoms with Gasteiger partial charge in [0.15, 0.2) is 0 Å². The van der Waals surface area contributed by atoms with Gasteiger partial charge in [-0.1, -0.05) is 11.6 Å². The normalized spacial score (nSPS) is 24.0. The molecule has 1 amide bonds. The zero-order valence-electron chi connectivity index (χ0n) is 9.98. The van der Waals surface area contributed by atoms with Crippen molar-refractivity contribution in [3.05, 3.63) is 21.3 Å². The number of likely N-dealkylation sites (tertiary alicyclic amines) is 1. The Labute approximate surface area is 114 Å². The van der Waals surface area contributed by atoms with Crippen molar-refractivity contribution >= 4 is 34.8 Å². The van der Waals surface area contributed by atoms with Crippen LogP contribution in [0.4, 0.5) is 0 Å². The van der Waals surface area contributed by atoms with Crippen molar-refractivity contribution in [2.75, 3.05) is 13.1 Å². The van der Waals surface area contributed by atoms with Gasteiger partial charge in [0.2, 0.25) is 0 Å². The van der Waals surface area contributed by atoms with E-state index in [9.17, 15) is 14.7 Å². The van der Waals surface area contributed by atoms with Crippen LogP contribution in [0.3, 0.4) is 0 Å². The maximum Gasteiger partial charge on any atom is 0.311 e. The smallest absolute Gasteiger partial charge is 0.311 e. The van der Waals surface area contributed by atoms with Gasteiger partial charge in [0, 0.05) is 13.1 Å². The van der Waals surface area contributed by atoms with Gasteiger partial charge < -0.3 is 10.0 Å². The summed E-state index contributed by atoms with van der Waals surface area (Å²) in [7, 11) is 0. The first-order valence-electron chi connectivity index (χ1n) is 5.70. The number of halogens is 1. The number of hydrogen-bond acceptors (Lipinski definition) is 3. The minimum Gasteiger partial charge on any atom is -0.481 e. The lowest BCUT2D eigenvalue weighted by Crippen LogP contribution is -2.48. The standard InChI is InChI=1S/C12H14ClNO3S/c1-12(11(16)17)4-2-5-14(7-12)10(15)9-8(13)3-6-18-9/h3,6H,2,4-5,7H2,1H3,(H,16,17). The van der Waals surface area contributed by atoms with E-state index in [1.54, 1.807) is 23.3 Å². The molecule has 0 bridgehead atoms. The number of rotatable bonds is 2. The van der Waals surface area contributed by atoms with Gasteiger partial charge in [0.05, 0.1) is 10.4 Å². The summed E-state index contributed by atoms with van der Waals surface area (Å²) < 4.78 is 0. The van der Waals surface area contributed by atoms with Crippen LogP contribution in [0.5, 0.6) is 0 Å². The zero-order chi connectivity index (χ0) is 13.3. The number of carbonyl (C=O) groups excluding carboxylic acids is 1. The number of aliphatic carboxylic acids is 1. The van der Waals surface area contributed by atoms with Gasteiger partial charge in [-0.25, -0.2) is 0 Å². The van der Waals surface area contributed by atoms with E-state index in [-0.39, 0.29) is 12.5 Å². The molecule has 0 saturated carbocycles. The summed E-state index contributed by atoms with van der Waals surface area (Å²) in [6.45, 7) is 2.52. The molecule has 1 aromatic rings. The average Bonchev–Trinajstić information content (AvgIpc) is 2.74. The van der Waals surface area contributed by atoms with Crippen LogP contribution in [0.25, 0.3) is 0 Å². The van der Waals surface area contributed by atoms with Crippen LogP contribution < -0.4 is 0 Å². The largest absolute Gasteiger partial charge is 0.481 e. The molecule has 0 radical (unpaired) electrons. The van der Waals surface area contributed by atoms with E-state index in [4.69, 9.17) is 11.6 Å². The topological polar surface area (TPSA) is 57.6 Å². The van der Waals surface area contributed by atoms with Crippen molar-refractivity contribution in [2.24, 2.45) is 5.41 Å². The fraction of sp³-hybridized carbons (Fsp3) is 0.500. The lowest BCUT2D eigenvalue weighted by molar-refractivity contribution is -0.150.